The van der Waals surface area contributed by atoms with Crippen LogP contribution >= 0.6 is 0 Å². The molecule has 88 valence electrons. The predicted molar refractivity (Wildman–Crippen MR) is 68.4 cm³/mol. The molecule has 1 heterocycles. The third-order valence-corrected chi connectivity index (χ3v) is 3.08. The molecule has 1 aliphatic carbocycles. The number of Topliss-reactive ketones (excluding diaryl/α,β-unsaturated/α-hetero) is 1. The van der Waals surface area contributed by atoms with E-state index in [2.05, 4.69) is 4.98 Å². The van der Waals surface area contributed by atoms with Gasteiger partial charge in [-0.2, -0.15) is 0 Å². The van der Waals surface area contributed by atoms with Crippen molar-refractivity contribution in [3.8, 4) is 5.75 Å². The van der Waals surface area contributed by atoms with Crippen molar-refractivity contribution in [2.45, 2.75) is 6.42 Å². The SMILES string of the molecule is O=C1C(=Cc2cccnc2)Cc2c(O)cccc21. The van der Waals surface area contributed by atoms with Crippen LogP contribution in [0, 0.1) is 0 Å². The number of hydrogen-bond donors (Lipinski definition) is 1. The fourth-order valence-electron chi connectivity index (χ4n) is 2.20. The average molecular weight is 237 g/mol. The highest BCUT2D eigenvalue weighted by Crippen LogP contribution is 2.33. The van der Waals surface area contributed by atoms with Crippen molar-refractivity contribution in [1.29, 1.82) is 0 Å². The summed E-state index contributed by atoms with van der Waals surface area (Å²) in [5, 5.41) is 9.74. The molecular formula is C15H11NO2. The number of hydrogen-bond acceptors (Lipinski definition) is 3. The van der Waals surface area contributed by atoms with Gasteiger partial charge in [0.1, 0.15) is 5.75 Å². The number of aromatic nitrogens is 1. The van der Waals surface area contributed by atoms with Crippen molar-refractivity contribution >= 4 is 11.9 Å². The molecule has 3 heteroatoms. The molecule has 2 aromatic rings. The van der Waals surface area contributed by atoms with E-state index < -0.39 is 0 Å². The lowest BCUT2D eigenvalue weighted by Crippen LogP contribution is -1.94. The van der Waals surface area contributed by atoms with Gasteiger partial charge in [-0.25, -0.2) is 0 Å². The molecular weight excluding hydrogens is 226 g/mol. The van der Waals surface area contributed by atoms with Gasteiger partial charge in [0.05, 0.1) is 0 Å². The van der Waals surface area contributed by atoms with Gasteiger partial charge < -0.3 is 5.11 Å². The van der Waals surface area contributed by atoms with Gasteiger partial charge in [-0.05, 0) is 23.8 Å². The van der Waals surface area contributed by atoms with E-state index in [1.807, 2.05) is 18.2 Å². The highest BCUT2D eigenvalue weighted by atomic mass is 16.3. The fraction of sp³-hybridized carbons (Fsp3) is 0.0667. The van der Waals surface area contributed by atoms with Crippen molar-refractivity contribution in [2.24, 2.45) is 0 Å². The first-order valence-corrected chi connectivity index (χ1v) is 5.72. The first-order chi connectivity index (χ1) is 8.75. The first-order valence-electron chi connectivity index (χ1n) is 5.72. The van der Waals surface area contributed by atoms with Gasteiger partial charge in [-0.3, -0.25) is 9.78 Å². The molecule has 0 saturated heterocycles. The van der Waals surface area contributed by atoms with E-state index in [0.29, 0.717) is 17.6 Å². The molecule has 0 radical (unpaired) electrons. The molecule has 0 bridgehead atoms. The Bertz CT molecular complexity index is 645. The molecule has 18 heavy (non-hydrogen) atoms. The molecule has 0 fully saturated rings. The number of ketones is 1. The minimum absolute atomic E-state index is 0.00949. The van der Waals surface area contributed by atoms with E-state index in [1.165, 1.54) is 0 Å². The van der Waals surface area contributed by atoms with Crippen LogP contribution in [0.3, 0.4) is 0 Å². The quantitative estimate of drug-likeness (QED) is 0.775. The fourth-order valence-corrected chi connectivity index (χ4v) is 2.20. The van der Waals surface area contributed by atoms with Crippen LogP contribution in [-0.2, 0) is 6.42 Å². The molecule has 1 N–H and O–H groups in total. The van der Waals surface area contributed by atoms with Gasteiger partial charge in [-0.1, -0.05) is 18.2 Å². The monoisotopic (exact) mass is 237 g/mol. The molecule has 3 rings (SSSR count). The zero-order chi connectivity index (χ0) is 12.5. The number of nitrogens with zero attached hydrogens (tertiary/aromatic N) is 1. The number of rotatable bonds is 1. The van der Waals surface area contributed by atoms with Crippen LogP contribution in [0.25, 0.3) is 6.08 Å². The topological polar surface area (TPSA) is 50.2 Å². The maximum Gasteiger partial charge on any atom is 0.189 e. The molecule has 1 aromatic carbocycles. The zero-order valence-corrected chi connectivity index (χ0v) is 9.63. The Morgan fingerprint density at radius 1 is 1.22 bits per heavy atom. The lowest BCUT2D eigenvalue weighted by atomic mass is 10.1. The van der Waals surface area contributed by atoms with Gasteiger partial charge in [-0.15, -0.1) is 0 Å². The van der Waals surface area contributed by atoms with Crippen LogP contribution in [0.2, 0.25) is 0 Å². The summed E-state index contributed by atoms with van der Waals surface area (Å²) in [5.74, 6) is 0.181. The van der Waals surface area contributed by atoms with E-state index in [1.54, 1.807) is 30.6 Å². The molecule has 1 aliphatic rings. The number of fused-ring (bicyclic) bond motifs is 1. The third-order valence-electron chi connectivity index (χ3n) is 3.08. The molecule has 0 unspecified atom stereocenters. The standard InChI is InChI=1S/C15H11NO2/c17-14-5-1-4-12-13(14)8-11(15(12)18)7-10-3-2-6-16-9-10/h1-7,9,17H,8H2. The number of allylic oxidation sites excluding steroid dienone is 1. The summed E-state index contributed by atoms with van der Waals surface area (Å²) in [5.41, 5.74) is 2.91. The van der Waals surface area contributed by atoms with Gasteiger partial charge in [0.2, 0.25) is 0 Å². The van der Waals surface area contributed by atoms with Crippen molar-refractivity contribution in [3.63, 3.8) is 0 Å². The smallest absolute Gasteiger partial charge is 0.189 e. The number of phenolic OH excluding ortho intramolecular Hbond substituents is 1. The zero-order valence-electron chi connectivity index (χ0n) is 9.63. The second-order valence-corrected chi connectivity index (χ2v) is 4.27. The van der Waals surface area contributed by atoms with Crippen molar-refractivity contribution < 1.29 is 9.90 Å². The molecule has 0 saturated carbocycles. The largest absolute Gasteiger partial charge is 0.508 e. The first kappa shape index (κ1) is 10.7. The van der Waals surface area contributed by atoms with Crippen LogP contribution in [0.15, 0.2) is 48.3 Å². The Morgan fingerprint density at radius 3 is 2.83 bits per heavy atom. The van der Waals surface area contributed by atoms with E-state index in [4.69, 9.17) is 0 Å². The summed E-state index contributed by atoms with van der Waals surface area (Å²) in [6, 6.07) is 8.78. The number of benzene rings is 1. The van der Waals surface area contributed by atoms with Crippen LogP contribution in [0.4, 0.5) is 0 Å². The van der Waals surface area contributed by atoms with Crippen LogP contribution in [0.5, 0.6) is 5.75 Å². The molecule has 0 spiro atoms. The summed E-state index contributed by atoms with van der Waals surface area (Å²) in [6.45, 7) is 0. The van der Waals surface area contributed by atoms with Gasteiger partial charge >= 0.3 is 0 Å². The summed E-state index contributed by atoms with van der Waals surface area (Å²) >= 11 is 0. The highest BCUT2D eigenvalue weighted by Gasteiger charge is 2.26. The van der Waals surface area contributed by atoms with Gasteiger partial charge in [0.25, 0.3) is 0 Å². The lowest BCUT2D eigenvalue weighted by Gasteiger charge is -1.97. The number of carbonyl (C=O) groups excluding carboxylic acids is 1. The average Bonchev–Trinajstić information content (AvgIpc) is 2.70. The summed E-state index contributed by atoms with van der Waals surface area (Å²) in [7, 11) is 0. The highest BCUT2D eigenvalue weighted by molar-refractivity contribution is 6.16. The Kier molecular flexibility index (Phi) is 2.45. The summed E-state index contributed by atoms with van der Waals surface area (Å²) in [6.07, 6.45) is 5.71. The number of aromatic hydroxyl groups is 1. The van der Waals surface area contributed by atoms with Gasteiger partial charge in [0.15, 0.2) is 5.78 Å². The van der Waals surface area contributed by atoms with Crippen LogP contribution in [-0.4, -0.2) is 15.9 Å². The van der Waals surface area contributed by atoms with Crippen molar-refractivity contribution in [2.75, 3.05) is 0 Å². The van der Waals surface area contributed by atoms with E-state index in [9.17, 15) is 9.90 Å². The Morgan fingerprint density at radius 2 is 2.11 bits per heavy atom. The number of phenols is 1. The van der Waals surface area contributed by atoms with Crippen molar-refractivity contribution in [3.05, 3.63) is 65.0 Å². The van der Waals surface area contributed by atoms with Gasteiger partial charge in [0, 0.05) is 35.5 Å². The van der Waals surface area contributed by atoms with Crippen LogP contribution in [0.1, 0.15) is 21.5 Å². The number of pyridine rings is 1. The van der Waals surface area contributed by atoms with E-state index >= 15 is 0 Å². The lowest BCUT2D eigenvalue weighted by molar-refractivity contribution is 0.104. The Balaban J connectivity index is 2.03. The molecule has 0 amide bonds. The van der Waals surface area contributed by atoms with Crippen LogP contribution < -0.4 is 0 Å². The van der Waals surface area contributed by atoms with Crippen molar-refractivity contribution in [1.82, 2.24) is 4.98 Å². The second kappa shape index (κ2) is 4.11. The maximum absolute atomic E-state index is 12.2. The summed E-state index contributed by atoms with van der Waals surface area (Å²) in [4.78, 5) is 16.2. The molecule has 3 nitrogen and oxygen atoms in total. The predicted octanol–water partition coefficient (Wildman–Crippen LogP) is 2.61. The Hall–Kier alpha value is -2.42. The second-order valence-electron chi connectivity index (χ2n) is 4.27. The summed E-state index contributed by atoms with van der Waals surface area (Å²) < 4.78 is 0. The normalized spacial score (nSPS) is 16.0. The van der Waals surface area contributed by atoms with E-state index in [-0.39, 0.29) is 11.5 Å². The molecule has 1 aromatic heterocycles. The van der Waals surface area contributed by atoms with E-state index in [0.717, 1.165) is 11.1 Å². The molecule has 0 aliphatic heterocycles. The minimum atomic E-state index is -0.00949. The minimum Gasteiger partial charge on any atom is -0.508 e. The maximum atomic E-state index is 12.2. The molecule has 0 atom stereocenters. The number of carbonyl (C=O) groups is 1. The third kappa shape index (κ3) is 1.70. The Labute approximate surface area is 104 Å².